The first-order chi connectivity index (χ1) is 21.7. The van der Waals surface area contributed by atoms with Gasteiger partial charge >= 0.3 is 0 Å². The predicted octanol–water partition coefficient (Wildman–Crippen LogP) is 5.87. The van der Waals surface area contributed by atoms with Crippen LogP contribution in [0.25, 0.3) is 0 Å². The number of halogens is 2. The van der Waals surface area contributed by atoms with Crippen LogP contribution < -0.4 is 15.8 Å². The first-order valence-corrected chi connectivity index (χ1v) is 17.9. The third-order valence-electron chi connectivity index (χ3n) is 9.14. The van der Waals surface area contributed by atoms with E-state index in [2.05, 4.69) is 39.1 Å². The van der Waals surface area contributed by atoms with Gasteiger partial charge in [0.25, 0.3) is 0 Å². The molecule has 10 heteroatoms. The Balaban J connectivity index is 1.29. The Morgan fingerprint density at radius 1 is 1.11 bits per heavy atom. The second-order valence-corrected chi connectivity index (χ2v) is 15.2. The van der Waals surface area contributed by atoms with E-state index in [-0.39, 0.29) is 29.8 Å². The van der Waals surface area contributed by atoms with Gasteiger partial charge < -0.3 is 19.7 Å². The van der Waals surface area contributed by atoms with Crippen molar-refractivity contribution in [3.8, 4) is 0 Å². The average Bonchev–Trinajstić information content (AvgIpc) is 3.47. The number of nitrogens with two attached hydrogens (primary N) is 1. The molecule has 4 N–H and O–H groups in total. The second-order valence-electron chi connectivity index (χ2n) is 11.8. The normalized spacial score (nSPS) is 20.1. The van der Waals surface area contributed by atoms with Gasteiger partial charge in [-0.1, -0.05) is 90.2 Å². The van der Waals surface area contributed by atoms with E-state index in [9.17, 15) is 4.79 Å². The number of fused-ring (bicyclic) bond motifs is 1. The summed E-state index contributed by atoms with van der Waals surface area (Å²) >= 11 is 6.16. The first kappa shape index (κ1) is 33.4. The van der Waals surface area contributed by atoms with Crippen LogP contribution >= 0.6 is 22.1 Å². The molecule has 1 saturated heterocycles. The molecule has 5 rings (SSSR count). The number of nitrogens with one attached hydrogen (secondary N) is 2. The van der Waals surface area contributed by atoms with E-state index in [1.54, 1.807) is 13.2 Å². The summed E-state index contributed by atoms with van der Waals surface area (Å²) in [6, 6.07) is 22.4. The molecule has 45 heavy (non-hydrogen) atoms. The molecule has 0 radical (unpaired) electrons. The molecule has 1 amide bonds. The molecule has 2 heterocycles. The molecule has 3 aromatic rings. The van der Waals surface area contributed by atoms with Crippen LogP contribution in [0.2, 0.25) is 5.02 Å². The second kappa shape index (κ2) is 15.1. The fourth-order valence-corrected chi connectivity index (χ4v) is 8.02. The summed E-state index contributed by atoms with van der Waals surface area (Å²) in [6.07, 6.45) is 0.942. The SMILES string of the molecule is C=C(C(Cc1ccc(Cl)cc1)NC(=O)CC1NCc2ccccc21)N1CCN(C(CS(N)(CC)OC)c2ccccc2F)CC1. The van der Waals surface area contributed by atoms with Gasteiger partial charge in [0.1, 0.15) is 5.82 Å². The minimum Gasteiger partial charge on any atom is -0.371 e. The van der Waals surface area contributed by atoms with Crippen molar-refractivity contribution in [1.29, 1.82) is 0 Å². The Labute approximate surface area is 273 Å². The Morgan fingerprint density at radius 2 is 1.80 bits per heavy atom. The van der Waals surface area contributed by atoms with Crippen LogP contribution in [0.3, 0.4) is 0 Å². The summed E-state index contributed by atoms with van der Waals surface area (Å²) in [4.78, 5) is 18.0. The molecule has 0 saturated carbocycles. The van der Waals surface area contributed by atoms with Crippen molar-refractivity contribution in [3.63, 3.8) is 0 Å². The van der Waals surface area contributed by atoms with Gasteiger partial charge in [-0.05, 0) is 41.3 Å². The van der Waals surface area contributed by atoms with Crippen LogP contribution in [0, 0.1) is 5.82 Å². The number of carbonyl (C=O) groups is 1. The topological polar surface area (TPSA) is 82.9 Å². The van der Waals surface area contributed by atoms with Crippen LogP contribution in [-0.4, -0.2) is 66.5 Å². The van der Waals surface area contributed by atoms with Crippen molar-refractivity contribution < 1.29 is 13.4 Å². The highest BCUT2D eigenvalue weighted by atomic mass is 35.5. The lowest BCUT2D eigenvalue weighted by Gasteiger charge is -2.45. The van der Waals surface area contributed by atoms with Gasteiger partial charge in [-0.2, -0.15) is 0 Å². The average molecular weight is 654 g/mol. The zero-order valence-corrected chi connectivity index (χ0v) is 27.8. The van der Waals surface area contributed by atoms with E-state index in [0.29, 0.717) is 61.1 Å². The fourth-order valence-electron chi connectivity index (χ4n) is 6.36. The van der Waals surface area contributed by atoms with E-state index < -0.39 is 10.5 Å². The Hall–Kier alpha value is -2.92. The number of piperazine rings is 1. The lowest BCUT2D eigenvalue weighted by Crippen LogP contribution is -2.52. The number of rotatable bonds is 13. The molecule has 0 aliphatic carbocycles. The Bertz CT molecular complexity index is 1460. The van der Waals surface area contributed by atoms with Gasteiger partial charge in [0.2, 0.25) is 5.91 Å². The Morgan fingerprint density at radius 3 is 2.49 bits per heavy atom. The molecule has 0 spiro atoms. The maximum absolute atomic E-state index is 15.1. The molecule has 0 aromatic heterocycles. The van der Waals surface area contributed by atoms with Crippen LogP contribution in [-0.2, 0) is 21.9 Å². The van der Waals surface area contributed by atoms with Crippen molar-refractivity contribution in [2.45, 2.75) is 44.4 Å². The van der Waals surface area contributed by atoms with Crippen LogP contribution in [0.15, 0.2) is 85.1 Å². The van der Waals surface area contributed by atoms with Gasteiger partial charge in [0, 0.05) is 86.1 Å². The third kappa shape index (κ3) is 8.27. The van der Waals surface area contributed by atoms with Crippen molar-refractivity contribution in [3.05, 3.63) is 118 Å². The largest absolute Gasteiger partial charge is 0.371 e. The van der Waals surface area contributed by atoms with E-state index in [4.69, 9.17) is 20.9 Å². The van der Waals surface area contributed by atoms with E-state index in [0.717, 1.165) is 17.8 Å². The summed E-state index contributed by atoms with van der Waals surface area (Å²) in [5.74, 6) is 0.992. The van der Waals surface area contributed by atoms with Crippen molar-refractivity contribution in [1.82, 2.24) is 20.4 Å². The molecular formula is C35H45ClFN5O2S. The number of carbonyl (C=O) groups excluding carboxylic acids is 1. The van der Waals surface area contributed by atoms with Crippen LogP contribution in [0.5, 0.6) is 0 Å². The van der Waals surface area contributed by atoms with E-state index in [1.807, 2.05) is 55.5 Å². The van der Waals surface area contributed by atoms with Crippen molar-refractivity contribution >= 4 is 28.0 Å². The lowest BCUT2D eigenvalue weighted by atomic mass is 10.00. The van der Waals surface area contributed by atoms with E-state index in [1.165, 1.54) is 17.2 Å². The van der Waals surface area contributed by atoms with Crippen LogP contribution in [0.1, 0.15) is 47.7 Å². The van der Waals surface area contributed by atoms with Gasteiger partial charge in [-0.15, -0.1) is 0 Å². The quantitative estimate of drug-likeness (QED) is 0.214. The number of nitrogens with zero attached hydrogens (tertiary/aromatic N) is 2. The lowest BCUT2D eigenvalue weighted by molar-refractivity contribution is -0.122. The van der Waals surface area contributed by atoms with Crippen molar-refractivity contribution in [2.75, 3.05) is 44.8 Å². The molecule has 7 nitrogen and oxygen atoms in total. The molecule has 4 atom stereocenters. The standard InChI is InChI=1S/C35H45ClFN5O2S/c1-4-45(38,44-3)24-34(30-11-7-8-12-31(30)37)42-19-17-41(18-20-42)25(2)32(21-26-13-15-28(36)16-14-26)40-35(43)22-33-29-10-6-5-9-27(29)23-39-33/h5-16,32-34,39H,2,4,17-24,38H2,1,3H3,(H,40,43). The summed E-state index contributed by atoms with van der Waals surface area (Å²) < 4.78 is 20.9. The molecule has 3 aromatic carbocycles. The highest BCUT2D eigenvalue weighted by Gasteiger charge is 2.33. The number of benzene rings is 3. The van der Waals surface area contributed by atoms with Gasteiger partial charge in [0.15, 0.2) is 0 Å². The third-order valence-corrected chi connectivity index (χ3v) is 11.9. The molecule has 2 aliphatic heterocycles. The van der Waals surface area contributed by atoms with Gasteiger partial charge in [-0.3, -0.25) is 14.8 Å². The molecule has 1 fully saturated rings. The van der Waals surface area contributed by atoms with E-state index >= 15 is 4.39 Å². The zero-order chi connectivity index (χ0) is 32.0. The summed E-state index contributed by atoms with van der Waals surface area (Å²) in [5.41, 5.74) is 5.00. The minimum atomic E-state index is -1.85. The fraction of sp³-hybridized carbons (Fsp3) is 0.400. The van der Waals surface area contributed by atoms with Gasteiger partial charge in [0.05, 0.1) is 6.04 Å². The monoisotopic (exact) mass is 653 g/mol. The van der Waals surface area contributed by atoms with Gasteiger partial charge in [-0.25, -0.2) is 4.39 Å². The Kier molecular flexibility index (Phi) is 11.2. The zero-order valence-electron chi connectivity index (χ0n) is 26.2. The summed E-state index contributed by atoms with van der Waals surface area (Å²) in [5, 5.41) is 14.1. The maximum atomic E-state index is 15.1. The number of hydrogen-bond acceptors (Lipinski definition) is 6. The van der Waals surface area contributed by atoms with Crippen molar-refractivity contribution in [2.24, 2.45) is 5.14 Å². The highest BCUT2D eigenvalue weighted by molar-refractivity contribution is 8.28. The smallest absolute Gasteiger partial charge is 0.222 e. The minimum absolute atomic E-state index is 0.0171. The molecule has 4 unspecified atom stereocenters. The molecule has 0 bridgehead atoms. The molecule has 242 valence electrons. The maximum Gasteiger partial charge on any atom is 0.222 e. The molecule has 2 aliphatic rings. The molecular weight excluding hydrogens is 609 g/mol. The predicted molar refractivity (Wildman–Crippen MR) is 183 cm³/mol. The summed E-state index contributed by atoms with van der Waals surface area (Å²) in [7, 11) is -0.204. The highest BCUT2D eigenvalue weighted by Crippen LogP contribution is 2.45. The first-order valence-electron chi connectivity index (χ1n) is 15.6. The van der Waals surface area contributed by atoms with Crippen LogP contribution in [0.4, 0.5) is 4.39 Å². The number of hydrogen-bond donors (Lipinski definition) is 3. The summed E-state index contributed by atoms with van der Waals surface area (Å²) in [6.45, 7) is 10.1. The number of amides is 1.